The van der Waals surface area contributed by atoms with Crippen LogP contribution in [-0.2, 0) is 18.6 Å². The van der Waals surface area contributed by atoms with Crippen LogP contribution in [0.2, 0.25) is 0 Å². The van der Waals surface area contributed by atoms with Gasteiger partial charge in [0, 0.05) is 33.5 Å². The van der Waals surface area contributed by atoms with Crippen molar-refractivity contribution in [3.8, 4) is 5.75 Å². The van der Waals surface area contributed by atoms with Gasteiger partial charge in [-0.25, -0.2) is 5.09 Å². The van der Waals surface area contributed by atoms with Crippen LogP contribution in [0.5, 0.6) is 5.75 Å². The van der Waals surface area contributed by atoms with Gasteiger partial charge in [0.05, 0.1) is 11.0 Å². The molecule has 0 saturated heterocycles. The van der Waals surface area contributed by atoms with E-state index in [9.17, 15) is 14.9 Å². The van der Waals surface area contributed by atoms with Crippen molar-refractivity contribution in [3.05, 3.63) is 34.4 Å². The molecule has 0 radical (unpaired) electrons. The Morgan fingerprint density at radius 1 is 1.30 bits per heavy atom. The Hall–Kier alpha value is -1.64. The topological polar surface area (TPSA) is 109 Å². The largest absolute Gasteiger partial charge is 0.467 e. The van der Waals surface area contributed by atoms with Crippen molar-refractivity contribution in [2.75, 3.05) is 28.1 Å². The summed E-state index contributed by atoms with van der Waals surface area (Å²) in [6, 6.07) is 5.22. The van der Waals surface area contributed by atoms with Crippen LogP contribution in [0.4, 0.5) is 5.69 Å². The number of nitrogens with zero attached hydrogens (tertiary/aromatic N) is 1. The first-order chi connectivity index (χ1) is 11.0. The Bertz CT molecular complexity index is 458. The molecule has 0 aliphatic rings. The number of nitro benzene ring substituents is 1. The molecule has 1 aromatic rings. The lowest BCUT2D eigenvalue weighted by Crippen LogP contribution is -2.24. The van der Waals surface area contributed by atoms with Gasteiger partial charge < -0.3 is 18.8 Å². The standard InChI is InChI=1S/C11H15N2O6P.C2H6O/c1-9(7-14)12-20(17-2)19-8-18-11-5-3-10(4-6-11)13(15)16;1-3-2/h3-7,9,12H,8H2,1-2H3;1-2H3. The first-order valence-corrected chi connectivity index (χ1v) is 7.62. The van der Waals surface area contributed by atoms with E-state index in [1.165, 1.54) is 31.4 Å². The number of ether oxygens (including phenoxy) is 2. The summed E-state index contributed by atoms with van der Waals surface area (Å²) in [6.45, 7) is 1.57. The molecule has 2 unspecified atom stereocenters. The number of nitro groups is 1. The molecule has 0 aromatic heterocycles. The molecular formula is C13H21N2O7P. The number of carbonyl (C=O) groups is 1. The predicted octanol–water partition coefficient (Wildman–Crippen LogP) is 2.26. The molecule has 0 heterocycles. The van der Waals surface area contributed by atoms with Crippen molar-refractivity contribution >= 4 is 20.5 Å². The number of carbonyl (C=O) groups excluding carboxylic acids is 1. The Morgan fingerprint density at radius 3 is 2.30 bits per heavy atom. The van der Waals surface area contributed by atoms with Crippen molar-refractivity contribution in [1.82, 2.24) is 5.09 Å². The van der Waals surface area contributed by atoms with E-state index in [4.69, 9.17) is 13.8 Å². The molecular weight excluding hydrogens is 327 g/mol. The molecule has 130 valence electrons. The maximum atomic E-state index is 10.5. The Labute approximate surface area is 136 Å². The number of rotatable bonds is 9. The van der Waals surface area contributed by atoms with Gasteiger partial charge in [0.1, 0.15) is 12.0 Å². The van der Waals surface area contributed by atoms with E-state index in [1.54, 1.807) is 21.1 Å². The highest BCUT2D eigenvalue weighted by Crippen LogP contribution is 2.32. The third-order valence-corrected chi connectivity index (χ3v) is 3.41. The Balaban J connectivity index is 0.00000149. The smallest absolute Gasteiger partial charge is 0.269 e. The quantitative estimate of drug-likeness (QED) is 0.238. The number of benzene rings is 1. The molecule has 0 bridgehead atoms. The van der Waals surface area contributed by atoms with Crippen LogP contribution in [0.15, 0.2) is 24.3 Å². The van der Waals surface area contributed by atoms with E-state index in [0.717, 1.165) is 6.29 Å². The number of hydrogen-bond donors (Lipinski definition) is 1. The molecule has 0 spiro atoms. The third kappa shape index (κ3) is 9.88. The third-order valence-electron chi connectivity index (χ3n) is 2.12. The van der Waals surface area contributed by atoms with Gasteiger partial charge in [-0.2, -0.15) is 0 Å². The minimum absolute atomic E-state index is 0.0149. The van der Waals surface area contributed by atoms with Gasteiger partial charge in [-0.15, -0.1) is 0 Å². The number of hydrogen-bond acceptors (Lipinski definition) is 8. The molecule has 1 aromatic carbocycles. The second kappa shape index (κ2) is 12.9. The zero-order chi connectivity index (χ0) is 17.7. The summed E-state index contributed by atoms with van der Waals surface area (Å²) in [5.74, 6) is 0.435. The van der Waals surface area contributed by atoms with Gasteiger partial charge in [-0.3, -0.25) is 14.6 Å². The highest BCUT2D eigenvalue weighted by atomic mass is 31.2. The maximum Gasteiger partial charge on any atom is 0.269 e. The van der Waals surface area contributed by atoms with Gasteiger partial charge in [0.25, 0.3) is 14.2 Å². The number of aldehydes is 1. The van der Waals surface area contributed by atoms with E-state index in [1.807, 2.05) is 0 Å². The second-order valence-corrected chi connectivity index (χ2v) is 5.44. The number of methoxy groups -OCH3 is 1. The van der Waals surface area contributed by atoms with Crippen molar-refractivity contribution in [3.63, 3.8) is 0 Å². The molecule has 0 amide bonds. The lowest BCUT2D eigenvalue weighted by molar-refractivity contribution is -0.384. The highest BCUT2D eigenvalue weighted by Gasteiger charge is 2.12. The van der Waals surface area contributed by atoms with Gasteiger partial charge in [0.15, 0.2) is 6.79 Å². The monoisotopic (exact) mass is 348 g/mol. The van der Waals surface area contributed by atoms with Crippen molar-refractivity contribution in [2.45, 2.75) is 13.0 Å². The van der Waals surface area contributed by atoms with Crippen LogP contribution in [0.25, 0.3) is 0 Å². The van der Waals surface area contributed by atoms with Crippen LogP contribution >= 0.6 is 8.53 Å². The summed E-state index contributed by atoms with van der Waals surface area (Å²) in [4.78, 5) is 20.5. The fourth-order valence-electron chi connectivity index (χ4n) is 1.15. The summed E-state index contributed by atoms with van der Waals surface area (Å²) < 4.78 is 19.8. The van der Waals surface area contributed by atoms with Gasteiger partial charge in [-0.1, -0.05) is 0 Å². The van der Waals surface area contributed by atoms with Crippen LogP contribution in [0, 0.1) is 10.1 Å². The fourth-order valence-corrected chi connectivity index (χ4v) is 1.97. The van der Waals surface area contributed by atoms with E-state index < -0.39 is 13.4 Å². The van der Waals surface area contributed by atoms with Crippen LogP contribution in [-0.4, -0.2) is 45.4 Å². The summed E-state index contributed by atoms with van der Waals surface area (Å²) in [6.07, 6.45) is 0.731. The van der Waals surface area contributed by atoms with E-state index in [-0.39, 0.29) is 18.5 Å². The van der Waals surface area contributed by atoms with Gasteiger partial charge >= 0.3 is 0 Å². The van der Waals surface area contributed by atoms with E-state index >= 15 is 0 Å². The SMILES string of the molecule is COC.COP(NC(C)C=O)OCOc1ccc([N+](=O)[O-])cc1. The molecule has 0 fully saturated rings. The van der Waals surface area contributed by atoms with E-state index in [0.29, 0.717) is 5.75 Å². The average molecular weight is 348 g/mol. The van der Waals surface area contributed by atoms with Crippen molar-refractivity contribution in [1.29, 1.82) is 0 Å². The normalized spacial score (nSPS) is 12.5. The molecule has 1 rings (SSSR count). The van der Waals surface area contributed by atoms with Crippen LogP contribution < -0.4 is 9.82 Å². The van der Waals surface area contributed by atoms with Crippen molar-refractivity contribution in [2.24, 2.45) is 0 Å². The van der Waals surface area contributed by atoms with Gasteiger partial charge in [-0.05, 0) is 19.1 Å². The van der Waals surface area contributed by atoms with E-state index in [2.05, 4.69) is 9.82 Å². The van der Waals surface area contributed by atoms with Gasteiger partial charge in [0.2, 0.25) is 0 Å². The molecule has 0 aliphatic heterocycles. The molecule has 1 N–H and O–H groups in total. The maximum absolute atomic E-state index is 10.5. The fraction of sp³-hybridized carbons (Fsp3) is 0.462. The summed E-state index contributed by atoms with van der Waals surface area (Å²) >= 11 is 0. The molecule has 2 atom stereocenters. The minimum Gasteiger partial charge on any atom is -0.467 e. The predicted molar refractivity (Wildman–Crippen MR) is 85.2 cm³/mol. The lowest BCUT2D eigenvalue weighted by atomic mass is 10.3. The van der Waals surface area contributed by atoms with Crippen molar-refractivity contribution < 1.29 is 28.2 Å². The zero-order valence-corrected chi connectivity index (χ0v) is 14.3. The second-order valence-electron chi connectivity index (χ2n) is 4.04. The van der Waals surface area contributed by atoms with Crippen LogP contribution in [0.3, 0.4) is 0 Å². The molecule has 23 heavy (non-hydrogen) atoms. The summed E-state index contributed by atoms with van der Waals surface area (Å²) in [5.41, 5.74) is -0.0149. The summed E-state index contributed by atoms with van der Waals surface area (Å²) in [5, 5.41) is 13.3. The number of nitrogens with one attached hydrogen (secondary N) is 1. The first kappa shape index (κ1) is 21.4. The first-order valence-electron chi connectivity index (χ1n) is 6.44. The Kier molecular flexibility index (Phi) is 11.9. The minimum atomic E-state index is -1.43. The van der Waals surface area contributed by atoms with Crippen LogP contribution in [0.1, 0.15) is 6.92 Å². The summed E-state index contributed by atoms with van der Waals surface area (Å²) in [7, 11) is 3.27. The Morgan fingerprint density at radius 2 is 1.87 bits per heavy atom. The molecule has 0 aliphatic carbocycles. The molecule has 0 saturated carbocycles. The lowest BCUT2D eigenvalue weighted by Gasteiger charge is -2.17. The highest BCUT2D eigenvalue weighted by molar-refractivity contribution is 7.45. The molecule has 9 nitrogen and oxygen atoms in total. The number of non-ortho nitro benzene ring substituents is 1. The molecule has 10 heteroatoms. The average Bonchev–Trinajstić information content (AvgIpc) is 2.54. The zero-order valence-electron chi connectivity index (χ0n) is 13.4.